The summed E-state index contributed by atoms with van der Waals surface area (Å²) in [6.07, 6.45) is 0. The van der Waals surface area contributed by atoms with Crippen molar-refractivity contribution in [2.75, 3.05) is 0 Å². The monoisotopic (exact) mass is 716 g/mol. The van der Waals surface area contributed by atoms with Gasteiger partial charge in [-0.05, 0) is 72.8 Å². The lowest BCUT2D eigenvalue weighted by molar-refractivity contribution is 1.07. The van der Waals surface area contributed by atoms with Gasteiger partial charge in [0.1, 0.15) is 11.6 Å². The number of para-hydroxylation sites is 4. The third-order valence-corrected chi connectivity index (χ3v) is 10.6. The molecule has 11 rings (SSSR count). The predicted octanol–water partition coefficient (Wildman–Crippen LogP) is 12.1. The van der Waals surface area contributed by atoms with Crippen molar-refractivity contribution >= 4 is 43.6 Å². The summed E-state index contributed by atoms with van der Waals surface area (Å²) >= 11 is 0. The smallest absolute Gasteiger partial charge is 0.138 e. The highest BCUT2D eigenvalue weighted by Crippen LogP contribution is 2.35. The molecule has 0 saturated carbocycles. The summed E-state index contributed by atoms with van der Waals surface area (Å²) in [5.41, 5.74) is 11.1. The Morgan fingerprint density at radius 2 is 0.607 bits per heavy atom. The second-order valence-corrected chi connectivity index (χ2v) is 13.9. The summed E-state index contributed by atoms with van der Waals surface area (Å²) in [5, 5.41) is 4.76. The lowest BCUT2D eigenvalue weighted by Crippen LogP contribution is -2.01. The molecule has 0 saturated heterocycles. The zero-order chi connectivity index (χ0) is 37.0. The number of aromatic nitrogens is 6. The van der Waals surface area contributed by atoms with E-state index in [1.54, 1.807) is 0 Å². The number of hydrogen-bond donors (Lipinski definition) is 0. The molecule has 0 aliphatic heterocycles. The molecule has 6 heteroatoms. The fourth-order valence-electron chi connectivity index (χ4n) is 8.03. The van der Waals surface area contributed by atoms with Gasteiger partial charge in [0.25, 0.3) is 0 Å². The number of rotatable bonds is 6. The van der Waals surface area contributed by atoms with Crippen LogP contribution in [0.25, 0.3) is 101 Å². The van der Waals surface area contributed by atoms with E-state index in [4.69, 9.17) is 19.9 Å². The Morgan fingerprint density at radius 1 is 0.250 bits per heavy atom. The molecule has 0 atom stereocenters. The topological polar surface area (TPSA) is 61.4 Å². The van der Waals surface area contributed by atoms with E-state index in [9.17, 15) is 0 Å². The zero-order valence-electron chi connectivity index (χ0n) is 30.2. The van der Waals surface area contributed by atoms with Crippen molar-refractivity contribution in [2.24, 2.45) is 0 Å². The fourth-order valence-corrected chi connectivity index (χ4v) is 8.03. The van der Waals surface area contributed by atoms with Gasteiger partial charge >= 0.3 is 0 Å². The van der Waals surface area contributed by atoms with E-state index >= 15 is 0 Å². The van der Waals surface area contributed by atoms with E-state index in [1.165, 1.54) is 21.5 Å². The molecule has 0 N–H and O–H groups in total. The van der Waals surface area contributed by atoms with Gasteiger partial charge in [0.2, 0.25) is 0 Å². The lowest BCUT2D eigenvalue weighted by atomic mass is 10.1. The van der Waals surface area contributed by atoms with E-state index < -0.39 is 0 Å². The highest BCUT2D eigenvalue weighted by atomic mass is 15.1. The van der Waals surface area contributed by atoms with Crippen molar-refractivity contribution in [2.45, 2.75) is 0 Å². The Kier molecular flexibility index (Phi) is 7.38. The fraction of sp³-hybridized carbons (Fsp3) is 0. The first-order chi connectivity index (χ1) is 27.8. The number of hydrogen-bond acceptors (Lipinski definition) is 4. The molecular weight excluding hydrogens is 685 g/mol. The third-order valence-electron chi connectivity index (χ3n) is 10.6. The van der Waals surface area contributed by atoms with Gasteiger partial charge in [0.05, 0.1) is 56.2 Å². The molecule has 262 valence electrons. The van der Waals surface area contributed by atoms with Crippen LogP contribution < -0.4 is 0 Å². The zero-order valence-corrected chi connectivity index (χ0v) is 30.2. The molecule has 0 aliphatic carbocycles. The number of nitrogens with zero attached hydrogens (tertiary/aromatic N) is 6. The van der Waals surface area contributed by atoms with Crippen LogP contribution in [0.3, 0.4) is 0 Å². The van der Waals surface area contributed by atoms with Crippen LogP contribution in [0.5, 0.6) is 0 Å². The quantitative estimate of drug-likeness (QED) is 0.172. The van der Waals surface area contributed by atoms with Crippen molar-refractivity contribution in [1.29, 1.82) is 0 Å². The second kappa shape index (κ2) is 13.0. The minimum Gasteiger partial charge on any atom is -0.294 e. The predicted molar refractivity (Wildman–Crippen MR) is 228 cm³/mol. The Balaban J connectivity index is 1.10. The van der Waals surface area contributed by atoms with Gasteiger partial charge in [0.15, 0.2) is 0 Å². The molecule has 6 nitrogen and oxygen atoms in total. The van der Waals surface area contributed by atoms with Crippen LogP contribution in [-0.2, 0) is 0 Å². The molecule has 11 aromatic rings. The van der Waals surface area contributed by atoms with Crippen LogP contribution in [0.2, 0.25) is 0 Å². The van der Waals surface area contributed by atoms with E-state index in [0.717, 1.165) is 79.0 Å². The third kappa shape index (κ3) is 5.27. The minimum absolute atomic E-state index is 0.732. The van der Waals surface area contributed by atoms with Gasteiger partial charge in [-0.25, -0.2) is 19.9 Å². The Labute approximate surface area is 322 Å². The molecule has 0 amide bonds. The maximum Gasteiger partial charge on any atom is 0.138 e. The summed E-state index contributed by atoms with van der Waals surface area (Å²) in [6, 6.07) is 66.9. The van der Waals surface area contributed by atoms with Gasteiger partial charge in [-0.3, -0.25) is 9.13 Å². The van der Waals surface area contributed by atoms with Gasteiger partial charge in [0, 0.05) is 32.7 Å². The Bertz CT molecular complexity index is 2990. The molecule has 0 radical (unpaired) electrons. The van der Waals surface area contributed by atoms with Crippen molar-refractivity contribution in [3.8, 4) is 56.9 Å². The first kappa shape index (κ1) is 31.8. The Hall–Kier alpha value is -7.70. The normalized spacial score (nSPS) is 11.6. The molecule has 0 fully saturated rings. The van der Waals surface area contributed by atoms with E-state index in [-0.39, 0.29) is 0 Å². The molecule has 0 aliphatic rings. The maximum absolute atomic E-state index is 5.30. The van der Waals surface area contributed by atoms with Crippen molar-refractivity contribution in [1.82, 2.24) is 29.1 Å². The lowest BCUT2D eigenvalue weighted by Gasteiger charge is -2.13. The van der Waals surface area contributed by atoms with Crippen molar-refractivity contribution in [3.63, 3.8) is 0 Å². The molecule has 5 aromatic carbocycles. The minimum atomic E-state index is 0.732. The maximum atomic E-state index is 5.30. The highest BCUT2D eigenvalue weighted by Gasteiger charge is 2.18. The molecule has 0 unspecified atom stereocenters. The molecule has 6 heterocycles. The van der Waals surface area contributed by atoms with Crippen molar-refractivity contribution < 1.29 is 0 Å². The molecular formula is C50H32N6. The number of pyridine rings is 4. The molecule has 6 aromatic heterocycles. The van der Waals surface area contributed by atoms with E-state index in [1.807, 2.05) is 30.3 Å². The molecule has 0 spiro atoms. The highest BCUT2D eigenvalue weighted by molar-refractivity contribution is 6.10. The first-order valence-electron chi connectivity index (χ1n) is 18.7. The van der Waals surface area contributed by atoms with E-state index in [0.29, 0.717) is 0 Å². The standard InChI is InChI=1S/C50H32N6/c1-2-15-33(16-3-1)39-21-12-22-40(51-39)34-31-43(41-23-13-29-49(53-41)55-45-25-8-4-17-35(45)36-18-5-9-26-46(36)55)52-44(32-34)42-24-14-30-50(54-42)56-47-27-10-6-19-37(47)38-20-7-11-28-48(38)56/h1-32H. The van der Waals surface area contributed by atoms with Gasteiger partial charge in [-0.1, -0.05) is 121 Å². The summed E-state index contributed by atoms with van der Waals surface area (Å²) in [4.78, 5) is 21.1. The summed E-state index contributed by atoms with van der Waals surface area (Å²) in [6.45, 7) is 0. The SMILES string of the molecule is c1ccc(-c2cccc(-c3cc(-c4cccc(-n5c6ccccc6c6ccccc65)n4)nc(-c4cccc(-n5c6ccccc6c6ccccc65)n4)c3)n2)cc1. The van der Waals surface area contributed by atoms with Crippen molar-refractivity contribution in [3.05, 3.63) is 194 Å². The van der Waals surface area contributed by atoms with Crippen LogP contribution >= 0.6 is 0 Å². The van der Waals surface area contributed by atoms with Crippen LogP contribution in [0.1, 0.15) is 0 Å². The summed E-state index contributed by atoms with van der Waals surface area (Å²) in [5.74, 6) is 1.65. The van der Waals surface area contributed by atoms with Crippen LogP contribution in [-0.4, -0.2) is 29.1 Å². The largest absolute Gasteiger partial charge is 0.294 e. The van der Waals surface area contributed by atoms with Gasteiger partial charge in [-0.2, -0.15) is 0 Å². The summed E-state index contributed by atoms with van der Waals surface area (Å²) < 4.78 is 4.47. The average molecular weight is 717 g/mol. The average Bonchev–Trinajstić information content (AvgIpc) is 3.80. The summed E-state index contributed by atoms with van der Waals surface area (Å²) in [7, 11) is 0. The van der Waals surface area contributed by atoms with Crippen LogP contribution in [0, 0.1) is 0 Å². The molecule has 0 bridgehead atoms. The van der Waals surface area contributed by atoms with Gasteiger partial charge in [-0.15, -0.1) is 0 Å². The first-order valence-corrected chi connectivity index (χ1v) is 18.7. The molecule has 56 heavy (non-hydrogen) atoms. The Morgan fingerprint density at radius 3 is 1.07 bits per heavy atom. The second-order valence-electron chi connectivity index (χ2n) is 13.9. The number of benzene rings is 5. The van der Waals surface area contributed by atoms with Gasteiger partial charge < -0.3 is 0 Å². The van der Waals surface area contributed by atoms with E-state index in [2.05, 4.69) is 173 Å². The number of fused-ring (bicyclic) bond motifs is 6. The van der Waals surface area contributed by atoms with Crippen LogP contribution in [0.4, 0.5) is 0 Å². The van der Waals surface area contributed by atoms with Crippen LogP contribution in [0.15, 0.2) is 194 Å².